The van der Waals surface area contributed by atoms with Crippen molar-refractivity contribution < 1.29 is 17.9 Å². The molecule has 138 valence electrons. The second-order valence-corrected chi connectivity index (χ2v) is 8.32. The van der Waals surface area contributed by atoms with Gasteiger partial charge in [0.15, 0.2) is 0 Å². The van der Waals surface area contributed by atoms with Crippen molar-refractivity contribution in [3.05, 3.63) is 54.1 Å². The maximum atomic E-state index is 13.0. The highest BCUT2D eigenvalue weighted by Crippen LogP contribution is 2.32. The van der Waals surface area contributed by atoms with E-state index in [0.29, 0.717) is 11.4 Å². The number of rotatable bonds is 5. The minimum Gasteiger partial charge on any atom is -0.497 e. The number of hydrogen-bond acceptors (Lipinski definition) is 4. The van der Waals surface area contributed by atoms with Gasteiger partial charge < -0.3 is 9.64 Å². The Hall–Kier alpha value is -2.54. The van der Waals surface area contributed by atoms with Crippen LogP contribution in [0.5, 0.6) is 5.75 Å². The zero-order valence-corrected chi connectivity index (χ0v) is 15.9. The molecule has 7 heteroatoms. The highest BCUT2D eigenvalue weighted by atomic mass is 32.2. The monoisotopic (exact) mass is 374 g/mol. The molecule has 1 atom stereocenters. The minimum absolute atomic E-state index is 0.00776. The van der Waals surface area contributed by atoms with Gasteiger partial charge in [0.05, 0.1) is 19.1 Å². The Morgan fingerprint density at radius 2 is 1.96 bits per heavy atom. The van der Waals surface area contributed by atoms with Gasteiger partial charge in [-0.05, 0) is 37.1 Å². The number of carbonyl (C=O) groups is 1. The first kappa shape index (κ1) is 18.3. The molecule has 0 saturated carbocycles. The van der Waals surface area contributed by atoms with Crippen molar-refractivity contribution in [3.63, 3.8) is 0 Å². The van der Waals surface area contributed by atoms with Crippen molar-refractivity contribution in [1.29, 1.82) is 0 Å². The number of para-hydroxylation sites is 1. The van der Waals surface area contributed by atoms with E-state index < -0.39 is 10.0 Å². The van der Waals surface area contributed by atoms with Crippen LogP contribution in [0, 0.1) is 0 Å². The molecule has 26 heavy (non-hydrogen) atoms. The first-order valence-electron chi connectivity index (χ1n) is 8.33. The maximum absolute atomic E-state index is 13.0. The average Bonchev–Trinajstić information content (AvgIpc) is 2.94. The molecule has 0 aromatic heterocycles. The summed E-state index contributed by atoms with van der Waals surface area (Å²) >= 11 is 0. The first-order chi connectivity index (χ1) is 12.3. The third-order valence-corrected chi connectivity index (χ3v) is 5.64. The number of carbonyl (C=O) groups excluding carboxylic acids is 1. The normalized spacial score (nSPS) is 16.3. The Balaban J connectivity index is 1.92. The molecule has 2 aromatic rings. The molecule has 0 radical (unpaired) electrons. The second kappa shape index (κ2) is 6.99. The van der Waals surface area contributed by atoms with Crippen molar-refractivity contribution >= 4 is 27.3 Å². The fraction of sp³-hybridized carbons (Fsp3) is 0.316. The number of ether oxygens (including phenoxy) is 1. The van der Waals surface area contributed by atoms with E-state index in [1.54, 1.807) is 29.2 Å². The van der Waals surface area contributed by atoms with Crippen LogP contribution in [0.25, 0.3) is 0 Å². The molecule has 2 aromatic carbocycles. The molecule has 0 bridgehead atoms. The number of methoxy groups -OCH3 is 1. The van der Waals surface area contributed by atoms with Crippen LogP contribution < -0.4 is 13.9 Å². The predicted octanol–water partition coefficient (Wildman–Crippen LogP) is 2.44. The lowest BCUT2D eigenvalue weighted by Crippen LogP contribution is -2.45. The SMILES string of the molecule is COc1cccc(N(CC(=O)N2c3ccccc3C[C@H]2C)S(C)(=O)=O)c1. The first-order valence-corrected chi connectivity index (χ1v) is 10.2. The van der Waals surface area contributed by atoms with Crippen molar-refractivity contribution in [2.24, 2.45) is 0 Å². The maximum Gasteiger partial charge on any atom is 0.248 e. The van der Waals surface area contributed by atoms with Crippen LogP contribution in [0.1, 0.15) is 12.5 Å². The minimum atomic E-state index is -3.63. The molecular formula is C19H22N2O4S. The van der Waals surface area contributed by atoms with Gasteiger partial charge in [0.1, 0.15) is 12.3 Å². The van der Waals surface area contributed by atoms with Crippen molar-refractivity contribution in [3.8, 4) is 5.75 Å². The summed E-state index contributed by atoms with van der Waals surface area (Å²) in [6, 6.07) is 14.4. The van der Waals surface area contributed by atoms with Crippen LogP contribution in [-0.4, -0.2) is 40.3 Å². The van der Waals surface area contributed by atoms with Gasteiger partial charge in [-0.3, -0.25) is 9.10 Å². The summed E-state index contributed by atoms with van der Waals surface area (Å²) in [5, 5.41) is 0. The molecule has 1 heterocycles. The average molecular weight is 374 g/mol. The Morgan fingerprint density at radius 3 is 2.65 bits per heavy atom. The van der Waals surface area contributed by atoms with E-state index in [-0.39, 0.29) is 18.5 Å². The molecule has 0 unspecified atom stereocenters. The number of hydrogen-bond donors (Lipinski definition) is 0. The van der Waals surface area contributed by atoms with E-state index >= 15 is 0 Å². The van der Waals surface area contributed by atoms with E-state index in [9.17, 15) is 13.2 Å². The summed E-state index contributed by atoms with van der Waals surface area (Å²) in [6.07, 6.45) is 1.86. The number of amides is 1. The molecule has 0 N–H and O–H groups in total. The lowest BCUT2D eigenvalue weighted by Gasteiger charge is -2.28. The molecule has 1 aliphatic heterocycles. The Morgan fingerprint density at radius 1 is 1.23 bits per heavy atom. The Kier molecular flexibility index (Phi) is 4.91. The largest absolute Gasteiger partial charge is 0.497 e. The van der Waals surface area contributed by atoms with Crippen LogP contribution >= 0.6 is 0 Å². The van der Waals surface area contributed by atoms with E-state index in [1.165, 1.54) is 7.11 Å². The molecule has 0 spiro atoms. The second-order valence-electron chi connectivity index (χ2n) is 6.42. The Bertz CT molecular complexity index is 927. The number of anilines is 2. The molecule has 0 saturated heterocycles. The van der Waals surface area contributed by atoms with E-state index in [2.05, 4.69) is 0 Å². The number of benzene rings is 2. The van der Waals surface area contributed by atoms with Crippen LogP contribution in [-0.2, 0) is 21.2 Å². The summed E-state index contributed by atoms with van der Waals surface area (Å²) in [6.45, 7) is 1.71. The van der Waals surface area contributed by atoms with Gasteiger partial charge in [0.25, 0.3) is 0 Å². The van der Waals surface area contributed by atoms with Gasteiger partial charge in [-0.2, -0.15) is 0 Å². The van der Waals surface area contributed by atoms with Crippen molar-refractivity contribution in [2.75, 3.05) is 29.1 Å². The van der Waals surface area contributed by atoms with Crippen LogP contribution in [0.3, 0.4) is 0 Å². The van der Waals surface area contributed by atoms with Crippen molar-refractivity contribution in [2.45, 2.75) is 19.4 Å². The topological polar surface area (TPSA) is 66.9 Å². The molecule has 3 rings (SSSR count). The van der Waals surface area contributed by atoms with Gasteiger partial charge in [0.2, 0.25) is 15.9 Å². The zero-order valence-electron chi connectivity index (χ0n) is 15.0. The van der Waals surface area contributed by atoms with Gasteiger partial charge in [-0.25, -0.2) is 8.42 Å². The smallest absolute Gasteiger partial charge is 0.248 e. The van der Waals surface area contributed by atoms with Crippen LogP contribution in [0.2, 0.25) is 0 Å². The van der Waals surface area contributed by atoms with Crippen molar-refractivity contribution in [1.82, 2.24) is 0 Å². The van der Waals surface area contributed by atoms with E-state index in [4.69, 9.17) is 4.74 Å². The zero-order chi connectivity index (χ0) is 18.9. The summed E-state index contributed by atoms with van der Waals surface area (Å²) in [4.78, 5) is 14.7. The quantitative estimate of drug-likeness (QED) is 0.806. The predicted molar refractivity (Wildman–Crippen MR) is 102 cm³/mol. The van der Waals surface area contributed by atoms with Gasteiger partial charge in [-0.15, -0.1) is 0 Å². The molecule has 1 aliphatic rings. The third-order valence-electron chi connectivity index (χ3n) is 4.50. The summed E-state index contributed by atoms with van der Waals surface area (Å²) in [7, 11) is -2.12. The summed E-state index contributed by atoms with van der Waals surface area (Å²) < 4.78 is 30.9. The van der Waals surface area contributed by atoms with E-state index in [0.717, 1.165) is 28.2 Å². The molecule has 0 fully saturated rings. The highest BCUT2D eigenvalue weighted by molar-refractivity contribution is 7.92. The number of fused-ring (bicyclic) bond motifs is 1. The molecule has 0 aliphatic carbocycles. The van der Waals surface area contributed by atoms with E-state index in [1.807, 2.05) is 31.2 Å². The highest BCUT2D eigenvalue weighted by Gasteiger charge is 2.33. The lowest BCUT2D eigenvalue weighted by atomic mass is 10.1. The van der Waals surface area contributed by atoms with Gasteiger partial charge in [0, 0.05) is 17.8 Å². The van der Waals surface area contributed by atoms with Crippen LogP contribution in [0.15, 0.2) is 48.5 Å². The fourth-order valence-corrected chi connectivity index (χ4v) is 4.15. The Labute approximate surface area is 154 Å². The molecular weight excluding hydrogens is 352 g/mol. The fourth-order valence-electron chi connectivity index (χ4n) is 3.31. The molecule has 1 amide bonds. The number of nitrogens with zero attached hydrogens (tertiary/aromatic N) is 2. The van der Waals surface area contributed by atoms with Gasteiger partial charge in [-0.1, -0.05) is 24.3 Å². The molecule has 6 nitrogen and oxygen atoms in total. The third kappa shape index (κ3) is 3.53. The summed E-state index contributed by atoms with van der Waals surface area (Å²) in [5.74, 6) is 0.277. The number of sulfonamides is 1. The summed E-state index contributed by atoms with van der Waals surface area (Å²) in [5.41, 5.74) is 2.35. The van der Waals surface area contributed by atoms with Gasteiger partial charge >= 0.3 is 0 Å². The lowest BCUT2D eigenvalue weighted by molar-refractivity contribution is -0.117. The standard InChI is InChI=1S/C19H22N2O4S/c1-14-11-15-7-4-5-10-18(15)21(14)19(22)13-20(26(3,23)24)16-8-6-9-17(12-16)25-2/h4-10,12,14H,11,13H2,1-3H3/t14-/m1/s1. The van der Waals surface area contributed by atoms with Crippen LogP contribution in [0.4, 0.5) is 11.4 Å².